The number of alkyl halides is 3. The summed E-state index contributed by atoms with van der Waals surface area (Å²) in [6.07, 6.45) is -3.52. The molecular formula is C10H7F3N4O2. The van der Waals surface area contributed by atoms with Gasteiger partial charge in [0.15, 0.2) is 5.69 Å². The third-order valence-corrected chi connectivity index (χ3v) is 2.28. The van der Waals surface area contributed by atoms with Crippen molar-refractivity contribution in [2.75, 3.05) is 5.73 Å². The molecule has 0 radical (unpaired) electrons. The molecule has 0 saturated heterocycles. The highest BCUT2D eigenvalue weighted by molar-refractivity contribution is 5.56. The maximum atomic E-state index is 12.4. The molecule has 0 aliphatic carbocycles. The van der Waals surface area contributed by atoms with Gasteiger partial charge in [0.1, 0.15) is 0 Å². The van der Waals surface area contributed by atoms with E-state index in [4.69, 9.17) is 5.73 Å². The summed E-state index contributed by atoms with van der Waals surface area (Å²) in [6.45, 7) is 0. The molecule has 0 unspecified atom stereocenters. The highest BCUT2D eigenvalue weighted by Gasteiger charge is 2.33. The van der Waals surface area contributed by atoms with Crippen molar-refractivity contribution in [1.29, 1.82) is 0 Å². The van der Waals surface area contributed by atoms with Crippen molar-refractivity contribution in [3.63, 3.8) is 0 Å². The highest BCUT2D eigenvalue weighted by atomic mass is 19.4. The van der Waals surface area contributed by atoms with Gasteiger partial charge in [-0.2, -0.15) is 18.3 Å². The molecule has 2 N–H and O–H groups in total. The molecule has 0 aliphatic heterocycles. The molecule has 0 amide bonds. The first kappa shape index (κ1) is 12.9. The minimum atomic E-state index is -4.57. The molecule has 19 heavy (non-hydrogen) atoms. The van der Waals surface area contributed by atoms with E-state index >= 15 is 0 Å². The van der Waals surface area contributed by atoms with E-state index in [9.17, 15) is 23.3 Å². The summed E-state index contributed by atoms with van der Waals surface area (Å²) in [7, 11) is 0. The number of benzene rings is 1. The van der Waals surface area contributed by atoms with Gasteiger partial charge in [0.05, 0.1) is 10.6 Å². The number of hydrogen-bond donors (Lipinski definition) is 1. The molecule has 6 nitrogen and oxygen atoms in total. The van der Waals surface area contributed by atoms with Crippen LogP contribution in [0.1, 0.15) is 5.69 Å². The van der Waals surface area contributed by atoms with Gasteiger partial charge in [-0.1, -0.05) is 0 Å². The molecule has 0 saturated carbocycles. The molecule has 100 valence electrons. The van der Waals surface area contributed by atoms with Crippen LogP contribution in [0.15, 0.2) is 30.5 Å². The number of nitro groups is 1. The quantitative estimate of drug-likeness (QED) is 0.516. The third-order valence-electron chi connectivity index (χ3n) is 2.28. The zero-order valence-electron chi connectivity index (χ0n) is 9.26. The van der Waals surface area contributed by atoms with Crippen LogP contribution in [0.5, 0.6) is 0 Å². The Bertz CT molecular complexity index is 636. The molecule has 1 aromatic carbocycles. The van der Waals surface area contributed by atoms with Gasteiger partial charge in [-0.3, -0.25) is 10.1 Å². The summed E-state index contributed by atoms with van der Waals surface area (Å²) < 4.78 is 38.1. The molecule has 0 aliphatic rings. The standard InChI is InChI=1S/C10H7F3N4O2/c11-10(12,13)9-1-2-16(15-9)7-3-6(14)4-8(5-7)17(18)19/h1-5H,14H2. The number of nitrogens with two attached hydrogens (primary N) is 1. The van der Waals surface area contributed by atoms with Gasteiger partial charge < -0.3 is 5.73 Å². The Kier molecular flexibility index (Phi) is 2.89. The minimum absolute atomic E-state index is 0.0632. The summed E-state index contributed by atoms with van der Waals surface area (Å²) in [4.78, 5) is 9.96. The fourth-order valence-electron chi connectivity index (χ4n) is 1.47. The van der Waals surface area contributed by atoms with Crippen LogP contribution in [0.25, 0.3) is 5.69 Å². The van der Waals surface area contributed by atoms with Crippen molar-refractivity contribution in [3.8, 4) is 5.69 Å². The topological polar surface area (TPSA) is 87.0 Å². The van der Waals surface area contributed by atoms with E-state index in [1.807, 2.05) is 0 Å². The summed E-state index contributed by atoms with van der Waals surface area (Å²) in [5, 5.41) is 13.9. The predicted molar refractivity (Wildman–Crippen MR) is 59.6 cm³/mol. The van der Waals surface area contributed by atoms with Gasteiger partial charge >= 0.3 is 6.18 Å². The van der Waals surface area contributed by atoms with Crippen LogP contribution in [0.2, 0.25) is 0 Å². The number of nitrogen functional groups attached to an aromatic ring is 1. The van der Waals surface area contributed by atoms with Crippen molar-refractivity contribution in [1.82, 2.24) is 9.78 Å². The molecule has 0 atom stereocenters. The van der Waals surface area contributed by atoms with Gasteiger partial charge in [-0.25, -0.2) is 4.68 Å². The SMILES string of the molecule is Nc1cc(-n2ccc(C(F)(F)F)n2)cc([N+](=O)[O-])c1. The van der Waals surface area contributed by atoms with Crippen LogP contribution < -0.4 is 5.73 Å². The van der Waals surface area contributed by atoms with Crippen molar-refractivity contribution in [2.45, 2.75) is 6.18 Å². The summed E-state index contributed by atoms with van der Waals surface area (Å²) in [5.41, 5.74) is 4.20. The molecule has 0 fully saturated rings. The van der Waals surface area contributed by atoms with E-state index < -0.39 is 16.8 Å². The van der Waals surface area contributed by atoms with Gasteiger partial charge in [-0.05, 0) is 12.1 Å². The van der Waals surface area contributed by atoms with Gasteiger partial charge in [0, 0.05) is 24.0 Å². The Morgan fingerprint density at radius 2 is 2.00 bits per heavy atom. The summed E-state index contributed by atoms with van der Waals surface area (Å²) in [5.74, 6) is 0. The van der Waals surface area contributed by atoms with E-state index in [1.54, 1.807) is 0 Å². The number of hydrogen-bond acceptors (Lipinski definition) is 4. The minimum Gasteiger partial charge on any atom is -0.398 e. The second-order valence-electron chi connectivity index (χ2n) is 3.68. The maximum absolute atomic E-state index is 12.4. The number of anilines is 1. The number of non-ortho nitro benzene ring substituents is 1. The van der Waals surface area contributed by atoms with Crippen LogP contribution in [0.3, 0.4) is 0 Å². The zero-order valence-corrected chi connectivity index (χ0v) is 9.26. The van der Waals surface area contributed by atoms with E-state index in [-0.39, 0.29) is 17.1 Å². The van der Waals surface area contributed by atoms with E-state index in [0.717, 1.165) is 29.1 Å². The predicted octanol–water partition coefficient (Wildman–Crippen LogP) is 2.38. The lowest BCUT2D eigenvalue weighted by molar-refractivity contribution is -0.384. The first-order chi connectivity index (χ1) is 8.77. The number of rotatable bonds is 2. The Balaban J connectivity index is 2.47. The lowest BCUT2D eigenvalue weighted by atomic mass is 10.2. The monoisotopic (exact) mass is 272 g/mol. The van der Waals surface area contributed by atoms with Crippen LogP contribution in [-0.2, 0) is 6.18 Å². The molecule has 1 heterocycles. The van der Waals surface area contributed by atoms with Gasteiger partial charge in [-0.15, -0.1) is 0 Å². The average Bonchev–Trinajstić information content (AvgIpc) is 2.76. The van der Waals surface area contributed by atoms with Crippen molar-refractivity contribution in [2.24, 2.45) is 0 Å². The summed E-state index contributed by atoms with van der Waals surface area (Å²) >= 11 is 0. The first-order valence-corrected chi connectivity index (χ1v) is 4.95. The first-order valence-electron chi connectivity index (χ1n) is 4.95. The van der Waals surface area contributed by atoms with Gasteiger partial charge in [0.2, 0.25) is 0 Å². The number of nitro benzene ring substituents is 1. The molecule has 2 rings (SSSR count). The van der Waals surface area contributed by atoms with Crippen LogP contribution in [0.4, 0.5) is 24.5 Å². The van der Waals surface area contributed by atoms with Gasteiger partial charge in [0.25, 0.3) is 5.69 Å². The van der Waals surface area contributed by atoms with Crippen molar-refractivity contribution >= 4 is 11.4 Å². The van der Waals surface area contributed by atoms with E-state index in [2.05, 4.69) is 5.10 Å². The fraction of sp³-hybridized carbons (Fsp3) is 0.100. The highest BCUT2D eigenvalue weighted by Crippen LogP contribution is 2.28. The van der Waals surface area contributed by atoms with E-state index in [0.29, 0.717) is 0 Å². The molecule has 0 bridgehead atoms. The van der Waals surface area contributed by atoms with Crippen LogP contribution in [0, 0.1) is 10.1 Å². The molecule has 2 aromatic rings. The number of halogens is 3. The zero-order chi connectivity index (χ0) is 14.2. The molecule has 1 aromatic heterocycles. The molecule has 0 spiro atoms. The second-order valence-corrected chi connectivity index (χ2v) is 3.68. The van der Waals surface area contributed by atoms with E-state index in [1.165, 1.54) is 6.07 Å². The normalized spacial score (nSPS) is 11.5. The van der Waals surface area contributed by atoms with Crippen LogP contribution in [-0.4, -0.2) is 14.7 Å². The lowest BCUT2D eigenvalue weighted by Gasteiger charge is -2.04. The number of nitrogens with zero attached hydrogens (tertiary/aromatic N) is 3. The summed E-state index contributed by atoms with van der Waals surface area (Å²) in [6, 6.07) is 4.26. The number of aromatic nitrogens is 2. The molecule has 9 heteroatoms. The van der Waals surface area contributed by atoms with Crippen LogP contribution >= 0.6 is 0 Å². The Morgan fingerprint density at radius 1 is 1.32 bits per heavy atom. The lowest BCUT2D eigenvalue weighted by Crippen LogP contribution is -2.07. The largest absolute Gasteiger partial charge is 0.435 e. The Hall–Kier alpha value is -2.58. The Labute approximate surface area is 104 Å². The smallest absolute Gasteiger partial charge is 0.398 e. The van der Waals surface area contributed by atoms with Crippen molar-refractivity contribution < 1.29 is 18.1 Å². The maximum Gasteiger partial charge on any atom is 0.435 e. The fourth-order valence-corrected chi connectivity index (χ4v) is 1.47. The second kappa shape index (κ2) is 4.26. The Morgan fingerprint density at radius 3 is 2.53 bits per heavy atom. The third kappa shape index (κ3) is 2.64. The average molecular weight is 272 g/mol. The van der Waals surface area contributed by atoms with Crippen molar-refractivity contribution in [3.05, 3.63) is 46.3 Å². The molecular weight excluding hydrogens is 265 g/mol.